The van der Waals surface area contributed by atoms with Gasteiger partial charge in [0, 0.05) is 22.4 Å². The zero-order valence-electron chi connectivity index (χ0n) is 20.4. The summed E-state index contributed by atoms with van der Waals surface area (Å²) in [7, 11) is 0. The van der Waals surface area contributed by atoms with E-state index in [-0.39, 0.29) is 5.91 Å². The molecule has 0 aliphatic carbocycles. The molecule has 4 aromatic rings. The maximum atomic E-state index is 12.5. The molecule has 0 aliphatic rings. The second kappa shape index (κ2) is 11.6. The van der Waals surface area contributed by atoms with Crippen molar-refractivity contribution < 1.29 is 19.1 Å². The SMILES string of the molecule is Cc1ccc(C(=O)Nc2ccc(C(=O)N/N=C\c3ccccc3OC(=O)c3cccc(C)c3)cc2)cc1. The number of anilines is 1. The average Bonchev–Trinajstić information content (AvgIpc) is 2.90. The first-order valence-corrected chi connectivity index (χ1v) is 11.6. The molecule has 2 amide bonds. The van der Waals surface area contributed by atoms with Gasteiger partial charge in [-0.1, -0.05) is 47.5 Å². The molecule has 0 spiro atoms. The van der Waals surface area contributed by atoms with E-state index in [2.05, 4.69) is 15.8 Å². The summed E-state index contributed by atoms with van der Waals surface area (Å²) in [5.74, 6) is -0.825. The zero-order chi connectivity index (χ0) is 26.2. The fourth-order valence-electron chi connectivity index (χ4n) is 3.45. The van der Waals surface area contributed by atoms with E-state index in [9.17, 15) is 14.4 Å². The van der Waals surface area contributed by atoms with Crippen molar-refractivity contribution >= 4 is 29.7 Å². The third kappa shape index (κ3) is 6.76. The first kappa shape index (κ1) is 25.1. The Balaban J connectivity index is 1.36. The summed E-state index contributed by atoms with van der Waals surface area (Å²) in [6, 6.07) is 27.7. The van der Waals surface area contributed by atoms with E-state index in [1.807, 2.05) is 32.0 Å². The molecule has 0 aliphatic heterocycles. The van der Waals surface area contributed by atoms with E-state index in [0.29, 0.717) is 33.7 Å². The highest BCUT2D eigenvalue weighted by Gasteiger charge is 2.11. The highest BCUT2D eigenvalue weighted by molar-refractivity contribution is 6.04. The largest absolute Gasteiger partial charge is 0.422 e. The van der Waals surface area contributed by atoms with Crippen LogP contribution in [0.1, 0.15) is 47.8 Å². The van der Waals surface area contributed by atoms with E-state index in [0.717, 1.165) is 11.1 Å². The topological polar surface area (TPSA) is 96.9 Å². The van der Waals surface area contributed by atoms with Crippen LogP contribution in [0.3, 0.4) is 0 Å². The molecule has 37 heavy (non-hydrogen) atoms. The van der Waals surface area contributed by atoms with Crippen molar-refractivity contribution in [2.45, 2.75) is 13.8 Å². The van der Waals surface area contributed by atoms with Crippen molar-refractivity contribution in [2.24, 2.45) is 5.10 Å². The molecule has 7 nitrogen and oxygen atoms in total. The van der Waals surface area contributed by atoms with Gasteiger partial charge in [-0.2, -0.15) is 5.10 Å². The Morgan fingerprint density at radius 3 is 2.11 bits per heavy atom. The molecule has 0 unspecified atom stereocenters. The van der Waals surface area contributed by atoms with Gasteiger partial charge in [0.2, 0.25) is 0 Å². The van der Waals surface area contributed by atoms with Crippen molar-refractivity contribution in [1.29, 1.82) is 0 Å². The lowest BCUT2D eigenvalue weighted by Crippen LogP contribution is -2.18. The van der Waals surface area contributed by atoms with Crippen molar-refractivity contribution in [2.75, 3.05) is 5.32 Å². The number of benzene rings is 4. The molecule has 4 rings (SSSR count). The number of aryl methyl sites for hydroxylation is 2. The molecule has 0 bridgehead atoms. The zero-order valence-corrected chi connectivity index (χ0v) is 20.4. The van der Waals surface area contributed by atoms with Gasteiger partial charge in [-0.3, -0.25) is 9.59 Å². The Labute approximate surface area is 214 Å². The summed E-state index contributed by atoms with van der Waals surface area (Å²) in [4.78, 5) is 37.4. The maximum absolute atomic E-state index is 12.5. The number of nitrogens with zero attached hydrogens (tertiary/aromatic N) is 1. The molecular formula is C30H25N3O4. The Kier molecular flexibility index (Phi) is 7.85. The van der Waals surface area contributed by atoms with E-state index < -0.39 is 11.9 Å². The number of carbonyl (C=O) groups is 3. The molecule has 0 saturated carbocycles. The van der Waals surface area contributed by atoms with Gasteiger partial charge in [0.15, 0.2) is 0 Å². The van der Waals surface area contributed by atoms with Crippen molar-refractivity contribution in [3.8, 4) is 5.75 Å². The number of esters is 1. The van der Waals surface area contributed by atoms with Gasteiger partial charge < -0.3 is 10.1 Å². The predicted molar refractivity (Wildman–Crippen MR) is 143 cm³/mol. The van der Waals surface area contributed by atoms with Gasteiger partial charge in [-0.15, -0.1) is 0 Å². The minimum atomic E-state index is -0.483. The van der Waals surface area contributed by atoms with Crippen LogP contribution in [0, 0.1) is 13.8 Å². The maximum Gasteiger partial charge on any atom is 0.343 e. The normalized spacial score (nSPS) is 10.6. The van der Waals surface area contributed by atoms with Gasteiger partial charge in [0.1, 0.15) is 5.75 Å². The average molecular weight is 492 g/mol. The highest BCUT2D eigenvalue weighted by atomic mass is 16.5. The number of nitrogens with one attached hydrogen (secondary N) is 2. The van der Waals surface area contributed by atoms with Gasteiger partial charge >= 0.3 is 5.97 Å². The van der Waals surface area contributed by atoms with Crippen LogP contribution in [-0.4, -0.2) is 24.0 Å². The smallest absolute Gasteiger partial charge is 0.343 e. The van der Waals surface area contributed by atoms with Crippen molar-refractivity contribution in [3.63, 3.8) is 0 Å². The number of amides is 2. The summed E-state index contributed by atoms with van der Waals surface area (Å²) >= 11 is 0. The molecule has 4 aromatic carbocycles. The van der Waals surface area contributed by atoms with Crippen LogP contribution in [0.2, 0.25) is 0 Å². The molecule has 7 heteroatoms. The Morgan fingerprint density at radius 1 is 0.703 bits per heavy atom. The predicted octanol–water partition coefficient (Wildman–Crippen LogP) is 5.54. The number of para-hydroxylation sites is 1. The van der Waals surface area contributed by atoms with Crippen LogP contribution in [0.5, 0.6) is 5.75 Å². The quantitative estimate of drug-likeness (QED) is 0.154. The Morgan fingerprint density at radius 2 is 1.38 bits per heavy atom. The minimum Gasteiger partial charge on any atom is -0.422 e. The van der Waals surface area contributed by atoms with Crippen molar-refractivity contribution in [3.05, 3.63) is 130 Å². The van der Waals surface area contributed by atoms with E-state index in [1.54, 1.807) is 78.9 Å². The number of hydrazone groups is 1. The highest BCUT2D eigenvalue weighted by Crippen LogP contribution is 2.18. The summed E-state index contributed by atoms with van der Waals surface area (Å²) in [6.07, 6.45) is 1.41. The number of hydrogen-bond acceptors (Lipinski definition) is 5. The fraction of sp³-hybridized carbons (Fsp3) is 0.0667. The number of rotatable bonds is 7. The minimum absolute atomic E-state index is 0.233. The van der Waals surface area contributed by atoms with Crippen LogP contribution >= 0.6 is 0 Å². The molecule has 0 heterocycles. The third-order valence-corrected chi connectivity index (χ3v) is 5.46. The summed E-state index contributed by atoms with van der Waals surface area (Å²) in [6.45, 7) is 3.85. The fourth-order valence-corrected chi connectivity index (χ4v) is 3.45. The number of carbonyl (C=O) groups excluding carboxylic acids is 3. The molecule has 184 valence electrons. The lowest BCUT2D eigenvalue weighted by atomic mass is 10.1. The van der Waals surface area contributed by atoms with Gasteiger partial charge in [0.25, 0.3) is 11.8 Å². The monoisotopic (exact) mass is 491 g/mol. The van der Waals surface area contributed by atoms with E-state index >= 15 is 0 Å². The Bertz CT molecular complexity index is 1460. The van der Waals surface area contributed by atoms with Crippen molar-refractivity contribution in [1.82, 2.24) is 5.43 Å². The van der Waals surface area contributed by atoms with E-state index in [1.165, 1.54) is 6.21 Å². The van der Waals surface area contributed by atoms with Crippen LogP contribution in [-0.2, 0) is 0 Å². The summed E-state index contributed by atoms with van der Waals surface area (Å²) in [5, 5.41) is 6.81. The van der Waals surface area contributed by atoms with Gasteiger partial charge in [-0.25, -0.2) is 10.2 Å². The van der Waals surface area contributed by atoms with Crippen LogP contribution in [0.4, 0.5) is 5.69 Å². The first-order valence-electron chi connectivity index (χ1n) is 11.6. The molecule has 0 atom stereocenters. The van der Waals surface area contributed by atoms with Crippen LogP contribution < -0.4 is 15.5 Å². The Hall–Kier alpha value is -5.04. The first-order chi connectivity index (χ1) is 17.9. The number of hydrogen-bond donors (Lipinski definition) is 2. The molecule has 0 radical (unpaired) electrons. The molecule has 0 aromatic heterocycles. The standard InChI is InChI=1S/C30H25N3O4/c1-20-10-12-22(13-11-20)28(34)32-26-16-14-23(15-17-26)29(35)33-31-19-25-7-3-4-9-27(25)37-30(36)24-8-5-6-21(2)18-24/h3-19H,1-2H3,(H,32,34)(H,33,35)/b31-19-. The molecular weight excluding hydrogens is 466 g/mol. The van der Waals surface area contributed by atoms with Gasteiger partial charge in [-0.05, 0) is 74.5 Å². The lowest BCUT2D eigenvalue weighted by Gasteiger charge is -2.08. The van der Waals surface area contributed by atoms with Crippen LogP contribution in [0.15, 0.2) is 102 Å². The lowest BCUT2D eigenvalue weighted by molar-refractivity contribution is 0.0733. The molecule has 2 N–H and O–H groups in total. The molecule has 0 saturated heterocycles. The van der Waals surface area contributed by atoms with Crippen LogP contribution in [0.25, 0.3) is 0 Å². The number of ether oxygens (including phenoxy) is 1. The third-order valence-electron chi connectivity index (χ3n) is 5.46. The van der Waals surface area contributed by atoms with E-state index in [4.69, 9.17) is 4.74 Å². The van der Waals surface area contributed by atoms with Gasteiger partial charge in [0.05, 0.1) is 11.8 Å². The summed E-state index contributed by atoms with van der Waals surface area (Å²) < 4.78 is 5.53. The second-order valence-corrected chi connectivity index (χ2v) is 8.39. The second-order valence-electron chi connectivity index (χ2n) is 8.39. The molecule has 0 fully saturated rings. The summed E-state index contributed by atoms with van der Waals surface area (Å²) in [5.41, 5.74) is 6.93.